The average Bonchev–Trinajstić information content (AvgIpc) is 3.31. The lowest BCUT2D eigenvalue weighted by Crippen LogP contribution is -2.37. The minimum absolute atomic E-state index is 0.0878. The smallest absolute Gasteiger partial charge is 0.233 e. The van der Waals surface area contributed by atoms with Crippen molar-refractivity contribution in [2.24, 2.45) is 7.05 Å². The number of hydrogen-bond acceptors (Lipinski definition) is 6. The summed E-state index contributed by atoms with van der Waals surface area (Å²) in [6, 6.07) is 0.503. The van der Waals surface area contributed by atoms with Gasteiger partial charge in [0.2, 0.25) is 11.1 Å². The molecule has 0 aliphatic heterocycles. The van der Waals surface area contributed by atoms with E-state index in [2.05, 4.69) is 20.6 Å². The highest BCUT2D eigenvalue weighted by atomic mass is 32.2. The topological polar surface area (TPSA) is 81.7 Å². The first kappa shape index (κ1) is 17.9. The van der Waals surface area contributed by atoms with Crippen molar-refractivity contribution in [3.8, 4) is 0 Å². The number of carbonyl (C=O) groups excluding carboxylic acids is 1. The molecule has 0 saturated heterocycles. The fourth-order valence-electron chi connectivity index (χ4n) is 3.18. The Hall–Kier alpha value is -1.90. The van der Waals surface area contributed by atoms with Crippen molar-refractivity contribution in [2.75, 3.05) is 5.75 Å². The molecule has 1 aliphatic rings. The second-order valence-electron chi connectivity index (χ2n) is 6.77. The van der Waals surface area contributed by atoms with Gasteiger partial charge in [-0.15, -0.1) is 5.10 Å². The van der Waals surface area contributed by atoms with E-state index in [9.17, 15) is 4.79 Å². The van der Waals surface area contributed by atoms with Crippen molar-refractivity contribution < 1.29 is 4.79 Å². The van der Waals surface area contributed by atoms with Crippen LogP contribution in [0.3, 0.4) is 0 Å². The van der Waals surface area contributed by atoms with Crippen molar-refractivity contribution in [3.63, 3.8) is 0 Å². The number of amides is 1. The Morgan fingerprint density at radius 3 is 2.80 bits per heavy atom. The van der Waals surface area contributed by atoms with Crippen LogP contribution in [0, 0.1) is 0 Å². The van der Waals surface area contributed by atoms with Gasteiger partial charge in [-0.3, -0.25) is 9.48 Å². The Balaban J connectivity index is 1.61. The van der Waals surface area contributed by atoms with Gasteiger partial charge in [0, 0.05) is 31.4 Å². The van der Waals surface area contributed by atoms with Gasteiger partial charge in [-0.2, -0.15) is 5.10 Å². The molecule has 2 aromatic heterocycles. The van der Waals surface area contributed by atoms with Crippen LogP contribution in [0.4, 0.5) is 0 Å². The Labute approximate surface area is 151 Å². The van der Waals surface area contributed by atoms with Crippen LogP contribution in [-0.2, 0) is 18.4 Å². The number of aryl methyl sites for hydroxylation is 1. The molecular formula is C16H25N7OS. The molecule has 3 rings (SSSR count). The predicted molar refractivity (Wildman–Crippen MR) is 94.9 cm³/mol. The molecular weight excluding hydrogens is 338 g/mol. The molecule has 0 bridgehead atoms. The molecule has 1 fully saturated rings. The van der Waals surface area contributed by atoms with Gasteiger partial charge < -0.3 is 4.90 Å². The molecule has 0 unspecified atom stereocenters. The zero-order valence-corrected chi connectivity index (χ0v) is 15.8. The summed E-state index contributed by atoms with van der Waals surface area (Å²) in [6.07, 6.45) is 8.42. The van der Waals surface area contributed by atoms with E-state index in [0.29, 0.717) is 18.3 Å². The van der Waals surface area contributed by atoms with E-state index in [-0.39, 0.29) is 11.9 Å². The monoisotopic (exact) mass is 363 g/mol. The molecule has 136 valence electrons. The number of carbonyl (C=O) groups is 1. The maximum absolute atomic E-state index is 12.7. The van der Waals surface area contributed by atoms with Crippen LogP contribution in [0.5, 0.6) is 0 Å². The van der Waals surface area contributed by atoms with Gasteiger partial charge in [0.1, 0.15) is 0 Å². The number of aromatic nitrogens is 6. The van der Waals surface area contributed by atoms with Crippen LogP contribution in [0.2, 0.25) is 0 Å². The van der Waals surface area contributed by atoms with Crippen LogP contribution in [0.1, 0.15) is 51.1 Å². The number of thioether (sulfide) groups is 1. The molecule has 0 N–H and O–H groups in total. The highest BCUT2D eigenvalue weighted by Crippen LogP contribution is 2.31. The van der Waals surface area contributed by atoms with Crippen molar-refractivity contribution >= 4 is 17.7 Å². The fourth-order valence-corrected chi connectivity index (χ4v) is 4.01. The Morgan fingerprint density at radius 1 is 1.40 bits per heavy atom. The van der Waals surface area contributed by atoms with Crippen LogP contribution >= 0.6 is 11.8 Å². The maximum atomic E-state index is 12.7. The molecule has 8 nitrogen and oxygen atoms in total. The van der Waals surface area contributed by atoms with Gasteiger partial charge in [0.25, 0.3) is 0 Å². The van der Waals surface area contributed by atoms with Crippen molar-refractivity contribution in [3.05, 3.63) is 18.0 Å². The van der Waals surface area contributed by atoms with Crippen molar-refractivity contribution in [1.29, 1.82) is 0 Å². The Morgan fingerprint density at radius 2 is 2.16 bits per heavy atom. The number of hydrogen-bond donors (Lipinski definition) is 0. The quantitative estimate of drug-likeness (QED) is 0.700. The molecule has 9 heteroatoms. The van der Waals surface area contributed by atoms with Crippen molar-refractivity contribution in [2.45, 2.75) is 63.3 Å². The highest BCUT2D eigenvalue weighted by molar-refractivity contribution is 7.99. The van der Waals surface area contributed by atoms with Crippen LogP contribution in [-0.4, -0.2) is 52.6 Å². The van der Waals surface area contributed by atoms with E-state index in [1.165, 1.54) is 24.6 Å². The van der Waals surface area contributed by atoms with Gasteiger partial charge in [-0.1, -0.05) is 24.6 Å². The van der Waals surface area contributed by atoms with Gasteiger partial charge in [0.15, 0.2) is 0 Å². The molecule has 1 amide bonds. The van der Waals surface area contributed by atoms with Crippen LogP contribution in [0.25, 0.3) is 0 Å². The van der Waals surface area contributed by atoms with Gasteiger partial charge >= 0.3 is 0 Å². The van der Waals surface area contributed by atoms with E-state index in [1.54, 1.807) is 10.9 Å². The first-order valence-electron chi connectivity index (χ1n) is 8.72. The maximum Gasteiger partial charge on any atom is 0.233 e. The van der Waals surface area contributed by atoms with Crippen LogP contribution in [0.15, 0.2) is 17.6 Å². The van der Waals surface area contributed by atoms with E-state index >= 15 is 0 Å². The fraction of sp³-hybridized carbons (Fsp3) is 0.688. The minimum Gasteiger partial charge on any atom is -0.335 e. The molecule has 1 aliphatic carbocycles. The van der Waals surface area contributed by atoms with E-state index in [1.807, 2.05) is 36.7 Å². The van der Waals surface area contributed by atoms with Gasteiger partial charge in [-0.25, -0.2) is 4.68 Å². The lowest BCUT2D eigenvalue weighted by Gasteiger charge is -2.26. The predicted octanol–water partition coefficient (Wildman–Crippen LogP) is 2.05. The first-order chi connectivity index (χ1) is 12.0. The molecule has 25 heavy (non-hydrogen) atoms. The van der Waals surface area contributed by atoms with Gasteiger partial charge in [-0.05, 0) is 37.1 Å². The van der Waals surface area contributed by atoms with E-state index < -0.39 is 0 Å². The SMILES string of the molecule is CC(C)N(Cc1cnn(C)c1)C(=O)CSc1nnnn1C1CCCC1. The van der Waals surface area contributed by atoms with Crippen LogP contribution < -0.4 is 0 Å². The number of rotatable bonds is 7. The summed E-state index contributed by atoms with van der Waals surface area (Å²) in [5.74, 6) is 0.427. The molecule has 0 spiro atoms. The average molecular weight is 363 g/mol. The highest BCUT2D eigenvalue weighted by Gasteiger charge is 2.23. The number of nitrogens with zero attached hydrogens (tertiary/aromatic N) is 7. The summed E-state index contributed by atoms with van der Waals surface area (Å²) in [4.78, 5) is 14.6. The first-order valence-corrected chi connectivity index (χ1v) is 9.71. The normalized spacial score (nSPS) is 15.2. The molecule has 0 aromatic carbocycles. The zero-order valence-electron chi connectivity index (χ0n) is 15.0. The summed E-state index contributed by atoms with van der Waals surface area (Å²) in [7, 11) is 1.88. The summed E-state index contributed by atoms with van der Waals surface area (Å²) in [6.45, 7) is 4.63. The molecule has 0 atom stereocenters. The Bertz CT molecular complexity index is 705. The molecule has 2 heterocycles. The number of tetrazole rings is 1. The largest absolute Gasteiger partial charge is 0.335 e. The van der Waals surface area contributed by atoms with E-state index in [4.69, 9.17) is 0 Å². The second kappa shape index (κ2) is 7.99. The third-order valence-corrected chi connectivity index (χ3v) is 5.43. The second-order valence-corrected chi connectivity index (χ2v) is 7.71. The third-order valence-electron chi connectivity index (χ3n) is 4.51. The van der Waals surface area contributed by atoms with Gasteiger partial charge in [0.05, 0.1) is 18.0 Å². The third kappa shape index (κ3) is 4.39. The summed E-state index contributed by atoms with van der Waals surface area (Å²) in [5.41, 5.74) is 1.03. The summed E-state index contributed by atoms with van der Waals surface area (Å²) < 4.78 is 3.65. The minimum atomic E-state index is 0.0878. The van der Waals surface area contributed by atoms with E-state index in [0.717, 1.165) is 23.6 Å². The lowest BCUT2D eigenvalue weighted by atomic mass is 10.2. The molecule has 2 aromatic rings. The zero-order chi connectivity index (χ0) is 17.8. The lowest BCUT2D eigenvalue weighted by molar-refractivity contribution is -0.130. The molecule has 0 radical (unpaired) electrons. The Kier molecular flexibility index (Phi) is 5.72. The summed E-state index contributed by atoms with van der Waals surface area (Å²) >= 11 is 1.42. The van der Waals surface area contributed by atoms with Crippen molar-refractivity contribution in [1.82, 2.24) is 34.9 Å². The summed E-state index contributed by atoms with van der Waals surface area (Å²) in [5, 5.41) is 16.9. The standard InChI is InChI=1S/C16H25N7OS/c1-12(2)22(10-13-8-17-21(3)9-13)15(24)11-25-16-18-19-20-23(16)14-6-4-5-7-14/h8-9,12,14H,4-7,10-11H2,1-3H3. The molecule has 1 saturated carbocycles.